The van der Waals surface area contributed by atoms with Crippen molar-refractivity contribution in [3.63, 3.8) is 0 Å². The molecule has 7 nitrogen and oxygen atoms in total. The summed E-state index contributed by atoms with van der Waals surface area (Å²) in [5, 5.41) is 3.18. The predicted octanol–water partition coefficient (Wildman–Crippen LogP) is 5.97. The summed E-state index contributed by atoms with van der Waals surface area (Å²) in [5.74, 6) is 0.963. The zero-order valence-corrected chi connectivity index (χ0v) is 21.6. The van der Waals surface area contributed by atoms with E-state index in [4.69, 9.17) is 21.1 Å². The second-order valence-corrected chi connectivity index (χ2v) is 10.6. The van der Waals surface area contributed by atoms with E-state index in [2.05, 4.69) is 5.32 Å². The summed E-state index contributed by atoms with van der Waals surface area (Å²) < 4.78 is 38.5. The first-order valence-electron chi connectivity index (χ1n) is 11.4. The number of carbonyl (C=O) groups is 1. The topological polar surface area (TPSA) is 84.9 Å². The molecule has 4 aromatic carbocycles. The van der Waals surface area contributed by atoms with Gasteiger partial charge in [-0.15, -0.1) is 0 Å². The van der Waals surface area contributed by atoms with Crippen LogP contribution in [0.2, 0.25) is 5.02 Å². The molecule has 0 aromatic heterocycles. The molecule has 0 aliphatic rings. The van der Waals surface area contributed by atoms with E-state index in [1.807, 2.05) is 48.5 Å². The average Bonchev–Trinajstić information content (AvgIpc) is 2.90. The van der Waals surface area contributed by atoms with Gasteiger partial charge >= 0.3 is 0 Å². The summed E-state index contributed by atoms with van der Waals surface area (Å²) in [6.07, 6.45) is 0. The second-order valence-electron chi connectivity index (χ2n) is 8.11. The standard InChI is InChI=1S/C28H25ClN2O5S/c1-31(19-21-8-4-2-5-9-21)37(33,34)25-15-13-23(14-16-25)35-20-28(32)30-26-18-22(29)12-17-27(26)36-24-10-6-3-7-11-24/h2-18H,19-20H2,1H3,(H,30,32). The van der Waals surface area contributed by atoms with E-state index in [0.717, 1.165) is 5.56 Å². The van der Waals surface area contributed by atoms with E-state index in [-0.39, 0.29) is 18.0 Å². The minimum atomic E-state index is -3.69. The van der Waals surface area contributed by atoms with Crippen LogP contribution in [0.3, 0.4) is 0 Å². The van der Waals surface area contributed by atoms with Crippen LogP contribution < -0.4 is 14.8 Å². The van der Waals surface area contributed by atoms with Crippen LogP contribution in [-0.4, -0.2) is 32.3 Å². The minimum absolute atomic E-state index is 0.129. The third kappa shape index (κ3) is 7.10. The number of hydrogen-bond donors (Lipinski definition) is 1. The fourth-order valence-electron chi connectivity index (χ4n) is 3.45. The zero-order chi connectivity index (χ0) is 26.3. The van der Waals surface area contributed by atoms with Gasteiger partial charge in [0.1, 0.15) is 11.5 Å². The minimum Gasteiger partial charge on any atom is -0.484 e. The van der Waals surface area contributed by atoms with Gasteiger partial charge in [0.25, 0.3) is 5.91 Å². The molecule has 0 bridgehead atoms. The molecule has 37 heavy (non-hydrogen) atoms. The van der Waals surface area contributed by atoms with E-state index < -0.39 is 15.9 Å². The van der Waals surface area contributed by atoms with Gasteiger partial charge in [-0.3, -0.25) is 4.79 Å². The van der Waals surface area contributed by atoms with Gasteiger partial charge < -0.3 is 14.8 Å². The lowest BCUT2D eigenvalue weighted by Crippen LogP contribution is -2.26. The molecule has 0 heterocycles. The SMILES string of the molecule is CN(Cc1ccccc1)S(=O)(=O)c1ccc(OCC(=O)Nc2cc(Cl)ccc2Oc2ccccc2)cc1. The van der Waals surface area contributed by atoms with Crippen molar-refractivity contribution in [3.05, 3.63) is 114 Å². The number of sulfonamides is 1. The molecular formula is C28H25ClN2O5S. The molecule has 0 spiro atoms. The van der Waals surface area contributed by atoms with E-state index in [1.165, 1.54) is 35.6 Å². The number of ether oxygens (including phenoxy) is 2. The number of amides is 1. The van der Waals surface area contributed by atoms with Crippen LogP contribution >= 0.6 is 11.6 Å². The number of anilines is 1. The van der Waals surface area contributed by atoms with Gasteiger partial charge in [0, 0.05) is 18.6 Å². The monoisotopic (exact) mass is 536 g/mol. The molecule has 1 amide bonds. The van der Waals surface area contributed by atoms with Crippen molar-refractivity contribution in [1.82, 2.24) is 4.31 Å². The Balaban J connectivity index is 1.36. The van der Waals surface area contributed by atoms with Gasteiger partial charge in [-0.25, -0.2) is 8.42 Å². The van der Waals surface area contributed by atoms with Crippen molar-refractivity contribution in [1.29, 1.82) is 0 Å². The highest BCUT2D eigenvalue weighted by Crippen LogP contribution is 2.32. The van der Waals surface area contributed by atoms with Crippen molar-refractivity contribution < 1.29 is 22.7 Å². The van der Waals surface area contributed by atoms with Gasteiger partial charge in [0.15, 0.2) is 12.4 Å². The van der Waals surface area contributed by atoms with Crippen molar-refractivity contribution in [2.45, 2.75) is 11.4 Å². The third-order valence-electron chi connectivity index (χ3n) is 5.34. The van der Waals surface area contributed by atoms with E-state index in [9.17, 15) is 13.2 Å². The Bertz CT molecular complexity index is 1450. The number of carbonyl (C=O) groups excluding carboxylic acids is 1. The largest absolute Gasteiger partial charge is 0.484 e. The third-order valence-corrected chi connectivity index (χ3v) is 7.39. The van der Waals surface area contributed by atoms with Crippen LogP contribution in [0.5, 0.6) is 17.2 Å². The van der Waals surface area contributed by atoms with Crippen molar-refractivity contribution in [3.8, 4) is 17.2 Å². The van der Waals surface area contributed by atoms with E-state index in [0.29, 0.717) is 28.0 Å². The Morgan fingerprint density at radius 1 is 0.865 bits per heavy atom. The molecule has 190 valence electrons. The molecule has 0 aliphatic carbocycles. The van der Waals surface area contributed by atoms with Crippen molar-refractivity contribution >= 4 is 33.2 Å². The highest BCUT2D eigenvalue weighted by atomic mass is 35.5. The van der Waals surface area contributed by atoms with Crippen molar-refractivity contribution in [2.75, 3.05) is 19.0 Å². The summed E-state index contributed by atoms with van der Waals surface area (Å²) in [5.41, 5.74) is 1.28. The number of nitrogens with one attached hydrogen (secondary N) is 1. The number of hydrogen-bond acceptors (Lipinski definition) is 5. The first-order chi connectivity index (χ1) is 17.8. The molecule has 4 rings (SSSR count). The maximum Gasteiger partial charge on any atom is 0.262 e. The van der Waals surface area contributed by atoms with Crippen LogP contribution in [0.25, 0.3) is 0 Å². The molecule has 0 radical (unpaired) electrons. The zero-order valence-electron chi connectivity index (χ0n) is 20.0. The van der Waals surface area contributed by atoms with E-state index >= 15 is 0 Å². The molecular weight excluding hydrogens is 512 g/mol. The number of para-hydroxylation sites is 1. The second kappa shape index (κ2) is 11.9. The fourth-order valence-corrected chi connectivity index (χ4v) is 4.78. The van der Waals surface area contributed by atoms with Crippen LogP contribution in [0.15, 0.2) is 108 Å². The number of rotatable bonds is 10. The highest BCUT2D eigenvalue weighted by Gasteiger charge is 2.21. The number of nitrogens with zero attached hydrogens (tertiary/aromatic N) is 1. The van der Waals surface area contributed by atoms with Gasteiger partial charge in [-0.05, 0) is 60.2 Å². The molecule has 0 aliphatic heterocycles. The van der Waals surface area contributed by atoms with Gasteiger partial charge in [-0.1, -0.05) is 60.1 Å². The van der Waals surface area contributed by atoms with Crippen LogP contribution in [0.1, 0.15) is 5.56 Å². The fraction of sp³-hybridized carbons (Fsp3) is 0.107. The first-order valence-corrected chi connectivity index (χ1v) is 13.2. The average molecular weight is 537 g/mol. The summed E-state index contributed by atoms with van der Waals surface area (Å²) in [7, 11) is -2.16. The van der Waals surface area contributed by atoms with E-state index in [1.54, 1.807) is 30.3 Å². The lowest BCUT2D eigenvalue weighted by atomic mass is 10.2. The first kappa shape index (κ1) is 26.2. The molecule has 0 saturated heterocycles. The molecule has 9 heteroatoms. The van der Waals surface area contributed by atoms with Crippen LogP contribution in [0.4, 0.5) is 5.69 Å². The Hall–Kier alpha value is -3.85. The Kier molecular flexibility index (Phi) is 8.45. The molecule has 0 fully saturated rings. The molecule has 1 N–H and O–H groups in total. The maximum absolute atomic E-state index is 12.9. The lowest BCUT2D eigenvalue weighted by Gasteiger charge is -2.17. The maximum atomic E-state index is 12.9. The normalized spacial score (nSPS) is 11.2. The summed E-state index contributed by atoms with van der Waals surface area (Å²) >= 11 is 6.10. The highest BCUT2D eigenvalue weighted by molar-refractivity contribution is 7.89. The molecule has 0 atom stereocenters. The predicted molar refractivity (Wildman–Crippen MR) is 144 cm³/mol. The smallest absolute Gasteiger partial charge is 0.262 e. The lowest BCUT2D eigenvalue weighted by molar-refractivity contribution is -0.118. The summed E-state index contributed by atoms with van der Waals surface area (Å²) in [4.78, 5) is 12.7. The van der Waals surface area contributed by atoms with Crippen LogP contribution in [-0.2, 0) is 21.4 Å². The number of benzene rings is 4. The Morgan fingerprint density at radius 2 is 1.51 bits per heavy atom. The summed E-state index contributed by atoms with van der Waals surface area (Å²) in [6.45, 7) is -0.0433. The Morgan fingerprint density at radius 3 is 2.19 bits per heavy atom. The molecule has 0 unspecified atom stereocenters. The summed E-state index contributed by atoms with van der Waals surface area (Å²) in [6, 6.07) is 29.3. The number of halogens is 1. The van der Waals surface area contributed by atoms with Gasteiger partial charge in [0.05, 0.1) is 10.6 Å². The quantitative estimate of drug-likeness (QED) is 0.270. The van der Waals surface area contributed by atoms with Crippen molar-refractivity contribution in [2.24, 2.45) is 0 Å². The molecule has 4 aromatic rings. The van der Waals surface area contributed by atoms with Crippen LogP contribution in [0, 0.1) is 0 Å². The Labute approximate surface area is 221 Å². The van der Waals surface area contributed by atoms with Gasteiger partial charge in [-0.2, -0.15) is 4.31 Å². The van der Waals surface area contributed by atoms with Gasteiger partial charge in [0.2, 0.25) is 10.0 Å². The molecule has 0 saturated carbocycles.